The highest BCUT2D eigenvalue weighted by atomic mass is 16.5. The lowest BCUT2D eigenvalue weighted by atomic mass is 9.93. The Morgan fingerprint density at radius 2 is 2.11 bits per heavy atom. The molecular weight excluding hydrogens is 228 g/mol. The summed E-state index contributed by atoms with van der Waals surface area (Å²) in [6.07, 6.45) is 1.71. The molecule has 18 heavy (non-hydrogen) atoms. The van der Waals surface area contributed by atoms with E-state index in [9.17, 15) is 10.1 Å². The van der Waals surface area contributed by atoms with Gasteiger partial charge in [0.25, 0.3) is 0 Å². The van der Waals surface area contributed by atoms with Crippen LogP contribution in [0.1, 0.15) is 28.8 Å². The summed E-state index contributed by atoms with van der Waals surface area (Å²) in [7, 11) is 5.23. The Bertz CT molecular complexity index is 525. The summed E-state index contributed by atoms with van der Waals surface area (Å²) in [6.45, 7) is 0. The highest BCUT2D eigenvalue weighted by molar-refractivity contribution is 5.90. The third-order valence-corrected chi connectivity index (χ3v) is 3.38. The average molecular weight is 244 g/mol. The Hall–Kier alpha value is -2.02. The Labute approximate surface area is 107 Å². The van der Waals surface area contributed by atoms with Crippen molar-refractivity contribution in [2.24, 2.45) is 0 Å². The van der Waals surface area contributed by atoms with Gasteiger partial charge in [0, 0.05) is 19.8 Å². The van der Waals surface area contributed by atoms with E-state index in [1.54, 1.807) is 12.1 Å². The fourth-order valence-electron chi connectivity index (χ4n) is 2.12. The Morgan fingerprint density at radius 3 is 2.56 bits per heavy atom. The lowest BCUT2D eigenvalue weighted by molar-refractivity contribution is 0.0600. The lowest BCUT2D eigenvalue weighted by Gasteiger charge is -2.20. The van der Waals surface area contributed by atoms with E-state index in [4.69, 9.17) is 4.74 Å². The van der Waals surface area contributed by atoms with Crippen LogP contribution in [0.25, 0.3) is 0 Å². The second kappa shape index (κ2) is 4.34. The molecule has 94 valence electrons. The first kappa shape index (κ1) is 12.4. The van der Waals surface area contributed by atoms with Crippen molar-refractivity contribution < 1.29 is 9.53 Å². The van der Waals surface area contributed by atoms with Crippen molar-refractivity contribution in [2.45, 2.75) is 18.3 Å². The largest absolute Gasteiger partial charge is 0.465 e. The summed E-state index contributed by atoms with van der Waals surface area (Å²) < 4.78 is 4.72. The number of esters is 1. The zero-order chi connectivity index (χ0) is 13.3. The molecule has 1 saturated carbocycles. The first-order valence-electron chi connectivity index (χ1n) is 5.85. The maximum atomic E-state index is 11.6. The van der Waals surface area contributed by atoms with Gasteiger partial charge in [-0.25, -0.2) is 4.79 Å². The molecule has 0 bridgehead atoms. The van der Waals surface area contributed by atoms with Gasteiger partial charge in [-0.3, -0.25) is 0 Å². The normalized spacial score (nSPS) is 15.7. The molecule has 0 amide bonds. The minimum atomic E-state index is -0.413. The number of ether oxygens (including phenoxy) is 1. The third kappa shape index (κ3) is 1.92. The molecule has 0 atom stereocenters. The number of rotatable bonds is 3. The minimum Gasteiger partial charge on any atom is -0.465 e. The highest BCUT2D eigenvalue weighted by Crippen LogP contribution is 2.50. The van der Waals surface area contributed by atoms with Crippen LogP contribution in [0, 0.1) is 11.3 Å². The summed E-state index contributed by atoms with van der Waals surface area (Å²) >= 11 is 0. The molecule has 1 aliphatic rings. The number of benzene rings is 1. The summed E-state index contributed by atoms with van der Waals surface area (Å²) in [4.78, 5) is 13.5. The van der Waals surface area contributed by atoms with Crippen molar-refractivity contribution in [1.29, 1.82) is 5.26 Å². The topological polar surface area (TPSA) is 53.3 Å². The number of hydrogen-bond donors (Lipinski definition) is 0. The molecule has 1 fully saturated rings. The molecule has 4 heteroatoms. The fraction of sp³-hybridized carbons (Fsp3) is 0.429. The standard InChI is InChI=1S/C14H16N2O2/c1-16(2)12-5-4-10(13(17)18-3)8-11(12)14(9-15)6-7-14/h4-5,8H,6-7H2,1-3H3. The molecule has 0 aromatic heterocycles. The van der Waals surface area contributed by atoms with Crippen molar-refractivity contribution in [3.8, 4) is 6.07 Å². The molecule has 1 aliphatic carbocycles. The molecular formula is C14H16N2O2. The van der Waals surface area contributed by atoms with E-state index in [1.165, 1.54) is 7.11 Å². The maximum Gasteiger partial charge on any atom is 0.337 e. The van der Waals surface area contributed by atoms with E-state index in [0.29, 0.717) is 5.56 Å². The van der Waals surface area contributed by atoms with Crippen LogP contribution in [-0.4, -0.2) is 27.2 Å². The average Bonchev–Trinajstić information content (AvgIpc) is 3.18. The highest BCUT2D eigenvalue weighted by Gasteiger charge is 2.46. The van der Waals surface area contributed by atoms with Crippen LogP contribution in [0.3, 0.4) is 0 Å². The van der Waals surface area contributed by atoms with Crippen LogP contribution in [0.4, 0.5) is 5.69 Å². The van der Waals surface area contributed by atoms with E-state index in [0.717, 1.165) is 24.1 Å². The van der Waals surface area contributed by atoms with Gasteiger partial charge in [0.05, 0.1) is 24.2 Å². The van der Waals surface area contributed by atoms with E-state index < -0.39 is 5.41 Å². The molecule has 0 radical (unpaired) electrons. The van der Waals surface area contributed by atoms with Crippen LogP contribution in [0.2, 0.25) is 0 Å². The predicted octanol–water partition coefficient (Wildman–Crippen LogP) is 2.09. The summed E-state index contributed by atoms with van der Waals surface area (Å²) in [5, 5.41) is 9.32. The van der Waals surface area contributed by atoms with E-state index >= 15 is 0 Å². The zero-order valence-electron chi connectivity index (χ0n) is 10.9. The van der Waals surface area contributed by atoms with Crippen molar-refractivity contribution in [2.75, 3.05) is 26.1 Å². The number of nitriles is 1. The monoisotopic (exact) mass is 244 g/mol. The van der Waals surface area contributed by atoms with Crippen LogP contribution < -0.4 is 4.90 Å². The van der Waals surface area contributed by atoms with Crippen molar-refractivity contribution in [3.05, 3.63) is 29.3 Å². The summed E-state index contributed by atoms with van der Waals surface area (Å²) in [5.41, 5.74) is 2.00. The number of carbonyl (C=O) groups is 1. The van der Waals surface area contributed by atoms with Gasteiger partial charge in [0.1, 0.15) is 0 Å². The molecule has 0 unspecified atom stereocenters. The smallest absolute Gasteiger partial charge is 0.337 e. The van der Waals surface area contributed by atoms with Crippen molar-refractivity contribution in [3.63, 3.8) is 0 Å². The van der Waals surface area contributed by atoms with Crippen LogP contribution in [-0.2, 0) is 10.2 Å². The minimum absolute atomic E-state index is 0.365. The van der Waals surface area contributed by atoms with Gasteiger partial charge in [-0.05, 0) is 36.6 Å². The SMILES string of the molecule is COC(=O)c1ccc(N(C)C)c(C2(C#N)CC2)c1. The first-order chi connectivity index (χ1) is 8.54. The van der Waals surface area contributed by atoms with E-state index in [1.807, 2.05) is 25.1 Å². The molecule has 1 aromatic rings. The Morgan fingerprint density at radius 1 is 1.44 bits per heavy atom. The van der Waals surface area contributed by atoms with Crippen molar-refractivity contribution in [1.82, 2.24) is 0 Å². The fourth-order valence-corrected chi connectivity index (χ4v) is 2.12. The third-order valence-electron chi connectivity index (χ3n) is 3.38. The number of hydrogen-bond acceptors (Lipinski definition) is 4. The lowest BCUT2D eigenvalue weighted by Crippen LogP contribution is -2.16. The quantitative estimate of drug-likeness (QED) is 0.764. The molecule has 0 saturated heterocycles. The molecule has 2 rings (SSSR count). The predicted molar refractivity (Wildman–Crippen MR) is 68.6 cm³/mol. The molecule has 1 aromatic carbocycles. The van der Waals surface area contributed by atoms with Gasteiger partial charge in [-0.1, -0.05) is 0 Å². The van der Waals surface area contributed by atoms with Gasteiger partial charge in [-0.2, -0.15) is 5.26 Å². The molecule has 0 heterocycles. The van der Waals surface area contributed by atoms with Gasteiger partial charge >= 0.3 is 5.97 Å². The number of anilines is 1. The molecule has 0 spiro atoms. The van der Waals surface area contributed by atoms with Crippen molar-refractivity contribution >= 4 is 11.7 Å². The molecule has 0 aliphatic heterocycles. The zero-order valence-corrected chi connectivity index (χ0v) is 10.9. The van der Waals surface area contributed by atoms with Gasteiger partial charge < -0.3 is 9.64 Å². The number of nitrogens with zero attached hydrogens (tertiary/aromatic N) is 2. The van der Waals surface area contributed by atoms with Gasteiger partial charge in [0.2, 0.25) is 0 Å². The van der Waals surface area contributed by atoms with Gasteiger partial charge in [-0.15, -0.1) is 0 Å². The number of methoxy groups -OCH3 is 1. The van der Waals surface area contributed by atoms with Crippen LogP contribution in [0.15, 0.2) is 18.2 Å². The second-order valence-corrected chi connectivity index (χ2v) is 4.81. The Kier molecular flexibility index (Phi) is 3.00. The van der Waals surface area contributed by atoms with Gasteiger partial charge in [0.15, 0.2) is 0 Å². The maximum absolute atomic E-state index is 11.6. The Balaban J connectivity index is 2.53. The summed E-state index contributed by atoms with van der Waals surface area (Å²) in [5.74, 6) is -0.365. The molecule has 0 N–H and O–H groups in total. The van der Waals surface area contributed by atoms with E-state index in [-0.39, 0.29) is 5.97 Å². The summed E-state index contributed by atoms with van der Waals surface area (Å²) in [6, 6.07) is 7.77. The van der Waals surface area contributed by atoms with E-state index in [2.05, 4.69) is 6.07 Å². The second-order valence-electron chi connectivity index (χ2n) is 4.81. The van der Waals surface area contributed by atoms with Crippen LogP contribution >= 0.6 is 0 Å². The first-order valence-corrected chi connectivity index (χ1v) is 5.85. The number of carbonyl (C=O) groups excluding carboxylic acids is 1. The molecule has 4 nitrogen and oxygen atoms in total. The van der Waals surface area contributed by atoms with Crippen LogP contribution in [0.5, 0.6) is 0 Å².